The van der Waals surface area contributed by atoms with Gasteiger partial charge in [-0.3, -0.25) is 0 Å². The lowest BCUT2D eigenvalue weighted by Crippen LogP contribution is -2.32. The fraction of sp³-hybridized carbons (Fsp3) is 0.483. The van der Waals surface area contributed by atoms with Gasteiger partial charge in [0, 0.05) is 20.0 Å². The predicted molar refractivity (Wildman–Crippen MR) is 137 cm³/mol. The highest BCUT2D eigenvalue weighted by Crippen LogP contribution is 2.28. The first-order chi connectivity index (χ1) is 17.5. The molecule has 0 radical (unpaired) electrons. The van der Waals surface area contributed by atoms with E-state index in [-0.39, 0.29) is 24.9 Å². The molecule has 0 aliphatic carbocycles. The number of cyclic esters (lactones) is 1. The Labute approximate surface area is 214 Å². The van der Waals surface area contributed by atoms with Gasteiger partial charge in [0.25, 0.3) is 0 Å². The van der Waals surface area contributed by atoms with E-state index in [2.05, 4.69) is 19.1 Å². The fourth-order valence-corrected chi connectivity index (χ4v) is 4.26. The average Bonchev–Trinajstić information content (AvgIpc) is 2.90. The number of carbonyl (C=O) groups is 1. The molecular formula is C29H38O7. The summed E-state index contributed by atoms with van der Waals surface area (Å²) < 4.78 is 33.9. The minimum Gasteiger partial charge on any atom is -0.497 e. The van der Waals surface area contributed by atoms with Crippen LogP contribution in [0.1, 0.15) is 47.7 Å². The minimum absolute atomic E-state index is 0.134. The predicted octanol–water partition coefficient (Wildman–Crippen LogP) is 5.35. The van der Waals surface area contributed by atoms with Crippen molar-refractivity contribution in [2.24, 2.45) is 5.92 Å². The molecule has 36 heavy (non-hydrogen) atoms. The van der Waals surface area contributed by atoms with Gasteiger partial charge in [0.2, 0.25) is 0 Å². The van der Waals surface area contributed by atoms with E-state index in [0.717, 1.165) is 23.3 Å². The van der Waals surface area contributed by atoms with Crippen LogP contribution in [0.3, 0.4) is 0 Å². The summed E-state index contributed by atoms with van der Waals surface area (Å²) in [6, 6.07) is 13.4. The van der Waals surface area contributed by atoms with Crippen molar-refractivity contribution in [3.63, 3.8) is 0 Å². The lowest BCUT2D eigenvalue weighted by molar-refractivity contribution is -0.104. The smallest absolute Gasteiger partial charge is 0.342 e. The quantitative estimate of drug-likeness (QED) is 0.189. The summed E-state index contributed by atoms with van der Waals surface area (Å²) in [5.41, 5.74) is 2.40. The van der Waals surface area contributed by atoms with Crippen LogP contribution in [0.25, 0.3) is 0 Å². The molecule has 0 bridgehead atoms. The summed E-state index contributed by atoms with van der Waals surface area (Å²) in [6.07, 6.45) is 6.26. The van der Waals surface area contributed by atoms with E-state index in [1.807, 2.05) is 36.4 Å². The van der Waals surface area contributed by atoms with Gasteiger partial charge in [-0.15, -0.1) is 0 Å². The van der Waals surface area contributed by atoms with E-state index in [1.54, 1.807) is 27.4 Å². The molecular weight excluding hydrogens is 460 g/mol. The molecule has 1 heterocycles. The van der Waals surface area contributed by atoms with E-state index >= 15 is 0 Å². The molecule has 1 aliphatic rings. The van der Waals surface area contributed by atoms with Crippen molar-refractivity contribution in [1.29, 1.82) is 0 Å². The van der Waals surface area contributed by atoms with E-state index < -0.39 is 5.97 Å². The molecule has 0 aromatic heterocycles. The number of ether oxygens (including phenoxy) is 6. The zero-order valence-corrected chi connectivity index (χ0v) is 21.7. The highest BCUT2D eigenvalue weighted by molar-refractivity contribution is 5.94. The molecule has 3 atom stereocenters. The van der Waals surface area contributed by atoms with Crippen molar-refractivity contribution in [1.82, 2.24) is 0 Å². The van der Waals surface area contributed by atoms with Crippen LogP contribution in [0.15, 0.2) is 54.6 Å². The number of hydrogen-bond acceptors (Lipinski definition) is 7. The first kappa shape index (κ1) is 27.7. The topological polar surface area (TPSA) is 72.5 Å². The zero-order valence-electron chi connectivity index (χ0n) is 21.7. The summed E-state index contributed by atoms with van der Waals surface area (Å²) in [6.45, 7) is 3.23. The Morgan fingerprint density at radius 2 is 1.81 bits per heavy atom. The minimum atomic E-state index is -0.394. The summed E-state index contributed by atoms with van der Waals surface area (Å²) in [5.74, 6) is 1.15. The number of carbonyl (C=O) groups excluding carboxylic acids is 1. The number of allylic oxidation sites excluding steroid dienone is 2. The van der Waals surface area contributed by atoms with E-state index in [1.165, 1.54) is 0 Å². The van der Waals surface area contributed by atoms with Gasteiger partial charge in [0.15, 0.2) is 0 Å². The third kappa shape index (κ3) is 8.08. The molecule has 0 spiro atoms. The second-order valence-corrected chi connectivity index (χ2v) is 8.95. The van der Waals surface area contributed by atoms with Crippen LogP contribution in [0.2, 0.25) is 0 Å². The van der Waals surface area contributed by atoms with Crippen LogP contribution < -0.4 is 9.47 Å². The molecule has 1 aliphatic heterocycles. The Kier molecular flexibility index (Phi) is 11.3. The number of benzene rings is 2. The number of rotatable bonds is 10. The monoisotopic (exact) mass is 498 g/mol. The first-order valence-corrected chi connectivity index (χ1v) is 12.4. The Morgan fingerprint density at radius 1 is 1.00 bits per heavy atom. The lowest BCUT2D eigenvalue weighted by Gasteiger charge is -2.28. The molecule has 0 saturated carbocycles. The van der Waals surface area contributed by atoms with Gasteiger partial charge < -0.3 is 28.4 Å². The maximum absolute atomic E-state index is 13.4. The lowest BCUT2D eigenvalue weighted by atomic mass is 9.93. The fourth-order valence-electron chi connectivity index (χ4n) is 4.26. The summed E-state index contributed by atoms with van der Waals surface area (Å²) in [4.78, 5) is 13.4. The first-order valence-electron chi connectivity index (χ1n) is 12.4. The third-order valence-electron chi connectivity index (χ3n) is 6.36. The second-order valence-electron chi connectivity index (χ2n) is 8.95. The molecule has 3 rings (SSSR count). The molecule has 7 nitrogen and oxygen atoms in total. The largest absolute Gasteiger partial charge is 0.497 e. The van der Waals surface area contributed by atoms with Crippen molar-refractivity contribution >= 4 is 5.97 Å². The van der Waals surface area contributed by atoms with Crippen LogP contribution >= 0.6 is 0 Å². The molecule has 2 aromatic carbocycles. The molecule has 0 saturated heterocycles. The van der Waals surface area contributed by atoms with Gasteiger partial charge in [0.05, 0.1) is 33.5 Å². The van der Waals surface area contributed by atoms with Gasteiger partial charge in [-0.1, -0.05) is 43.3 Å². The summed E-state index contributed by atoms with van der Waals surface area (Å²) >= 11 is 0. The van der Waals surface area contributed by atoms with E-state index in [4.69, 9.17) is 28.4 Å². The second kappa shape index (κ2) is 14.6. The van der Waals surface area contributed by atoms with E-state index in [9.17, 15) is 4.79 Å². The highest BCUT2D eigenvalue weighted by Gasteiger charge is 2.28. The normalized spacial score (nSPS) is 21.4. The number of fused-ring (bicyclic) bond motifs is 1. The summed E-state index contributed by atoms with van der Waals surface area (Å²) in [5, 5.41) is 0. The number of esters is 1. The molecule has 0 N–H and O–H groups in total. The molecule has 1 unspecified atom stereocenters. The van der Waals surface area contributed by atoms with Crippen LogP contribution in [0.5, 0.6) is 11.5 Å². The van der Waals surface area contributed by atoms with Crippen LogP contribution in [0.4, 0.5) is 0 Å². The van der Waals surface area contributed by atoms with Gasteiger partial charge >= 0.3 is 5.97 Å². The van der Waals surface area contributed by atoms with Crippen molar-refractivity contribution in [2.75, 3.05) is 34.7 Å². The van der Waals surface area contributed by atoms with E-state index in [0.29, 0.717) is 43.8 Å². The van der Waals surface area contributed by atoms with Crippen molar-refractivity contribution in [3.05, 3.63) is 71.3 Å². The van der Waals surface area contributed by atoms with Gasteiger partial charge in [-0.2, -0.15) is 0 Å². The molecule has 0 fully saturated rings. The maximum Gasteiger partial charge on any atom is 0.342 e. The summed E-state index contributed by atoms with van der Waals surface area (Å²) in [7, 11) is 4.81. The maximum atomic E-state index is 13.4. The van der Waals surface area contributed by atoms with Gasteiger partial charge in [-0.25, -0.2) is 4.79 Å². The van der Waals surface area contributed by atoms with Crippen molar-refractivity contribution < 1.29 is 33.2 Å². The van der Waals surface area contributed by atoms with Crippen LogP contribution in [0, 0.1) is 5.92 Å². The van der Waals surface area contributed by atoms with Crippen LogP contribution in [-0.4, -0.2) is 52.9 Å². The zero-order chi connectivity index (χ0) is 25.8. The standard InChI is InChI=1S/C29H38O7/c1-21-8-5-6-9-23-10-7-11-26(33-4)28(23)29(30)36-25(18-27(21)35-20-31-2)16-17-34-19-22-12-14-24(32-3)15-13-22/h5-7,10-15,21,25,27H,8-9,16-20H2,1-4H3/b6-5+/t21-,25-,27?/m0/s1. The Bertz CT molecular complexity index is 970. The Hall–Kier alpha value is -2.87. The molecule has 196 valence electrons. The van der Waals surface area contributed by atoms with Gasteiger partial charge in [-0.05, 0) is 48.1 Å². The molecule has 2 aromatic rings. The Balaban J connectivity index is 1.75. The average molecular weight is 499 g/mol. The van der Waals surface area contributed by atoms with Crippen molar-refractivity contribution in [2.45, 2.75) is 51.4 Å². The van der Waals surface area contributed by atoms with Crippen molar-refractivity contribution in [3.8, 4) is 11.5 Å². The highest BCUT2D eigenvalue weighted by atomic mass is 16.7. The number of methoxy groups -OCH3 is 3. The van der Waals surface area contributed by atoms with Crippen LogP contribution in [-0.2, 0) is 32.0 Å². The Morgan fingerprint density at radius 3 is 2.53 bits per heavy atom. The van der Waals surface area contributed by atoms with Gasteiger partial charge in [0.1, 0.15) is 30.0 Å². The number of hydrogen-bond donors (Lipinski definition) is 0. The SMILES string of the molecule is COCOC1C[C@H](CCOCc2ccc(OC)cc2)OC(=O)c2c(cccc2OC)C/C=C/C[C@@H]1C. The molecule has 7 heteroatoms. The molecule has 0 amide bonds. The third-order valence-corrected chi connectivity index (χ3v) is 6.36.